The Morgan fingerprint density at radius 3 is 2.28 bits per heavy atom. The minimum absolute atomic E-state index is 0.148. The first kappa shape index (κ1) is 20.0. The predicted octanol–water partition coefficient (Wildman–Crippen LogP) is 3.39. The van der Waals surface area contributed by atoms with Gasteiger partial charge in [-0.2, -0.15) is 5.10 Å². The van der Waals surface area contributed by atoms with Gasteiger partial charge in [-0.05, 0) is 35.0 Å². The Kier molecular flexibility index (Phi) is 6.52. The standard InChI is InChI=1S/C22H22N2O5/c1-26-19-10-15(11-20(27-2)22(19)28-3)13-23-24-21(25)14-29-18-9-8-16-6-4-5-7-17(16)12-18/h4-13H,14H2,1-3H3,(H,24,25)/b23-13-. The summed E-state index contributed by atoms with van der Waals surface area (Å²) < 4.78 is 21.4. The quantitative estimate of drug-likeness (QED) is 0.468. The van der Waals surface area contributed by atoms with Crippen LogP contribution in [0.3, 0.4) is 0 Å². The van der Waals surface area contributed by atoms with E-state index >= 15 is 0 Å². The van der Waals surface area contributed by atoms with Crippen LogP contribution in [-0.2, 0) is 4.79 Å². The topological polar surface area (TPSA) is 78.4 Å². The van der Waals surface area contributed by atoms with E-state index in [-0.39, 0.29) is 12.5 Å². The number of amides is 1. The highest BCUT2D eigenvalue weighted by Crippen LogP contribution is 2.37. The van der Waals surface area contributed by atoms with E-state index in [1.165, 1.54) is 27.5 Å². The van der Waals surface area contributed by atoms with Crippen LogP contribution in [0.25, 0.3) is 10.8 Å². The van der Waals surface area contributed by atoms with E-state index in [1.54, 1.807) is 12.1 Å². The predicted molar refractivity (Wildman–Crippen MR) is 111 cm³/mol. The zero-order valence-electron chi connectivity index (χ0n) is 16.5. The lowest BCUT2D eigenvalue weighted by atomic mass is 10.1. The number of fused-ring (bicyclic) bond motifs is 1. The maximum Gasteiger partial charge on any atom is 0.277 e. The number of rotatable bonds is 8. The molecule has 150 valence electrons. The molecule has 0 fully saturated rings. The fraction of sp³-hybridized carbons (Fsp3) is 0.182. The Morgan fingerprint density at radius 1 is 0.931 bits per heavy atom. The van der Waals surface area contributed by atoms with Crippen molar-refractivity contribution in [1.82, 2.24) is 5.43 Å². The van der Waals surface area contributed by atoms with Crippen molar-refractivity contribution in [2.75, 3.05) is 27.9 Å². The SMILES string of the molecule is COc1cc(/C=N\NC(=O)COc2ccc3ccccc3c2)cc(OC)c1OC. The van der Waals surface area contributed by atoms with Crippen LogP contribution in [0.4, 0.5) is 0 Å². The fourth-order valence-corrected chi connectivity index (χ4v) is 2.79. The normalized spacial score (nSPS) is 10.7. The summed E-state index contributed by atoms with van der Waals surface area (Å²) in [5.74, 6) is 1.73. The molecule has 0 heterocycles. The first-order chi connectivity index (χ1) is 14.1. The van der Waals surface area contributed by atoms with Gasteiger partial charge in [-0.1, -0.05) is 30.3 Å². The van der Waals surface area contributed by atoms with Gasteiger partial charge >= 0.3 is 0 Å². The van der Waals surface area contributed by atoms with Crippen LogP contribution < -0.4 is 24.4 Å². The molecule has 0 unspecified atom stereocenters. The van der Waals surface area contributed by atoms with Crippen molar-refractivity contribution in [2.45, 2.75) is 0 Å². The van der Waals surface area contributed by atoms with E-state index in [0.717, 1.165) is 10.8 Å². The van der Waals surface area contributed by atoms with E-state index in [9.17, 15) is 4.79 Å². The zero-order chi connectivity index (χ0) is 20.6. The molecule has 0 radical (unpaired) electrons. The first-order valence-corrected chi connectivity index (χ1v) is 8.88. The number of nitrogens with zero attached hydrogens (tertiary/aromatic N) is 1. The van der Waals surface area contributed by atoms with Crippen LogP contribution >= 0.6 is 0 Å². The van der Waals surface area contributed by atoms with Gasteiger partial charge in [0.25, 0.3) is 5.91 Å². The Labute approximate surface area is 168 Å². The number of hydrazone groups is 1. The molecule has 3 rings (SSSR count). The number of ether oxygens (including phenoxy) is 4. The van der Waals surface area contributed by atoms with Crippen LogP contribution in [0.15, 0.2) is 59.7 Å². The Balaban J connectivity index is 1.59. The number of hydrogen-bond acceptors (Lipinski definition) is 6. The Morgan fingerprint density at radius 2 is 1.62 bits per heavy atom. The Hall–Kier alpha value is -3.74. The fourth-order valence-electron chi connectivity index (χ4n) is 2.79. The van der Waals surface area contributed by atoms with Crippen molar-refractivity contribution in [3.05, 3.63) is 60.2 Å². The van der Waals surface area contributed by atoms with Crippen molar-refractivity contribution in [1.29, 1.82) is 0 Å². The highest BCUT2D eigenvalue weighted by atomic mass is 16.5. The highest BCUT2D eigenvalue weighted by molar-refractivity contribution is 5.85. The van der Waals surface area contributed by atoms with Crippen LogP contribution in [0.2, 0.25) is 0 Å². The second kappa shape index (κ2) is 9.45. The third-order valence-electron chi connectivity index (χ3n) is 4.18. The summed E-state index contributed by atoms with van der Waals surface area (Å²) in [5, 5.41) is 6.11. The average molecular weight is 394 g/mol. The molecule has 29 heavy (non-hydrogen) atoms. The van der Waals surface area contributed by atoms with Crippen LogP contribution in [-0.4, -0.2) is 40.1 Å². The molecule has 7 nitrogen and oxygen atoms in total. The molecule has 3 aromatic rings. The van der Waals surface area contributed by atoms with Gasteiger partial charge in [0, 0.05) is 5.56 Å². The smallest absolute Gasteiger partial charge is 0.277 e. The molecule has 0 saturated heterocycles. The van der Waals surface area contributed by atoms with Crippen molar-refractivity contribution < 1.29 is 23.7 Å². The van der Waals surface area contributed by atoms with Gasteiger partial charge in [-0.3, -0.25) is 4.79 Å². The molecule has 3 aromatic carbocycles. The number of carbonyl (C=O) groups is 1. The number of methoxy groups -OCH3 is 3. The Bertz CT molecular complexity index is 1010. The number of carbonyl (C=O) groups excluding carboxylic acids is 1. The maximum atomic E-state index is 12.0. The molecule has 0 aliphatic heterocycles. The summed E-state index contributed by atoms with van der Waals surface area (Å²) in [5.41, 5.74) is 3.11. The molecule has 1 N–H and O–H groups in total. The van der Waals surface area contributed by atoms with Gasteiger partial charge in [-0.15, -0.1) is 0 Å². The molecular weight excluding hydrogens is 372 g/mol. The van der Waals surface area contributed by atoms with E-state index in [0.29, 0.717) is 28.6 Å². The number of benzene rings is 3. The summed E-state index contributed by atoms with van der Waals surface area (Å²) >= 11 is 0. The third kappa shape index (κ3) is 4.95. The molecule has 0 aliphatic carbocycles. The zero-order valence-corrected chi connectivity index (χ0v) is 16.5. The molecule has 0 aliphatic rings. The summed E-state index contributed by atoms with van der Waals surface area (Å²) in [6.07, 6.45) is 1.48. The average Bonchev–Trinajstić information content (AvgIpc) is 2.76. The largest absolute Gasteiger partial charge is 0.493 e. The van der Waals surface area contributed by atoms with Crippen molar-refractivity contribution in [3.8, 4) is 23.0 Å². The number of nitrogens with one attached hydrogen (secondary N) is 1. The molecule has 1 amide bonds. The lowest BCUT2D eigenvalue weighted by Gasteiger charge is -2.12. The second-order valence-electron chi connectivity index (χ2n) is 6.05. The van der Waals surface area contributed by atoms with E-state index in [2.05, 4.69) is 10.5 Å². The molecule has 0 bridgehead atoms. The van der Waals surface area contributed by atoms with Crippen molar-refractivity contribution in [3.63, 3.8) is 0 Å². The van der Waals surface area contributed by atoms with Gasteiger partial charge in [0.2, 0.25) is 5.75 Å². The first-order valence-electron chi connectivity index (χ1n) is 8.88. The van der Waals surface area contributed by atoms with Gasteiger partial charge in [-0.25, -0.2) is 5.43 Å². The maximum absolute atomic E-state index is 12.0. The van der Waals surface area contributed by atoms with Crippen LogP contribution in [0.1, 0.15) is 5.56 Å². The summed E-state index contributed by atoms with van der Waals surface area (Å²) in [6.45, 7) is -0.148. The molecule has 0 saturated carbocycles. The molecule has 0 aromatic heterocycles. The van der Waals surface area contributed by atoms with Gasteiger partial charge in [0.05, 0.1) is 27.5 Å². The number of hydrogen-bond donors (Lipinski definition) is 1. The molecule has 0 atom stereocenters. The third-order valence-corrected chi connectivity index (χ3v) is 4.18. The van der Waals surface area contributed by atoms with Crippen LogP contribution in [0, 0.1) is 0 Å². The minimum Gasteiger partial charge on any atom is -0.493 e. The van der Waals surface area contributed by atoms with Gasteiger partial charge in [0.1, 0.15) is 5.75 Å². The molecule has 7 heteroatoms. The summed E-state index contributed by atoms with van der Waals surface area (Å²) in [6, 6.07) is 17.1. The van der Waals surface area contributed by atoms with Crippen molar-refractivity contribution in [2.24, 2.45) is 5.10 Å². The highest BCUT2D eigenvalue weighted by Gasteiger charge is 2.12. The van der Waals surface area contributed by atoms with Gasteiger partial charge < -0.3 is 18.9 Å². The monoisotopic (exact) mass is 394 g/mol. The van der Waals surface area contributed by atoms with Gasteiger partial charge in [0.15, 0.2) is 18.1 Å². The van der Waals surface area contributed by atoms with E-state index < -0.39 is 0 Å². The molecular formula is C22H22N2O5. The second-order valence-corrected chi connectivity index (χ2v) is 6.05. The van der Waals surface area contributed by atoms with Crippen molar-refractivity contribution >= 4 is 22.9 Å². The lowest BCUT2D eigenvalue weighted by Crippen LogP contribution is -2.24. The van der Waals surface area contributed by atoms with E-state index in [4.69, 9.17) is 18.9 Å². The van der Waals surface area contributed by atoms with E-state index in [1.807, 2.05) is 42.5 Å². The van der Waals surface area contributed by atoms with Crippen LogP contribution in [0.5, 0.6) is 23.0 Å². The summed E-state index contributed by atoms with van der Waals surface area (Å²) in [4.78, 5) is 12.0. The molecule has 0 spiro atoms. The minimum atomic E-state index is -0.373. The summed E-state index contributed by atoms with van der Waals surface area (Å²) in [7, 11) is 4.60. The lowest BCUT2D eigenvalue weighted by molar-refractivity contribution is -0.123.